The molecule has 132 valence electrons. The highest BCUT2D eigenvalue weighted by Gasteiger charge is 2.45. The molecular formula is C21H27N3S. The number of nitrogens with zero attached hydrogens (tertiary/aromatic N) is 3. The van der Waals surface area contributed by atoms with Crippen molar-refractivity contribution < 1.29 is 0 Å². The van der Waals surface area contributed by atoms with Crippen molar-refractivity contribution >= 4 is 16.5 Å². The van der Waals surface area contributed by atoms with Gasteiger partial charge in [0.25, 0.3) is 0 Å². The minimum absolute atomic E-state index is 0.509. The number of anilines is 1. The van der Waals surface area contributed by atoms with E-state index in [2.05, 4.69) is 50.5 Å². The SMILES string of the molecule is c1ccc([C@H]2CN(C3CC3)CC3(CCN(c4nccs4)CC3)C2)cc1. The third kappa shape index (κ3) is 3.22. The minimum atomic E-state index is 0.509. The van der Waals surface area contributed by atoms with Crippen molar-refractivity contribution in [2.45, 2.75) is 44.1 Å². The van der Waals surface area contributed by atoms with Gasteiger partial charge in [0.15, 0.2) is 5.13 Å². The van der Waals surface area contributed by atoms with E-state index in [4.69, 9.17) is 0 Å². The van der Waals surface area contributed by atoms with Gasteiger partial charge in [0.05, 0.1) is 0 Å². The zero-order valence-electron chi connectivity index (χ0n) is 14.8. The molecule has 25 heavy (non-hydrogen) atoms. The second kappa shape index (κ2) is 6.40. The fourth-order valence-electron chi connectivity index (χ4n) is 5.00. The average Bonchev–Trinajstić information content (AvgIpc) is 3.38. The Kier molecular flexibility index (Phi) is 4.05. The van der Waals surface area contributed by atoms with Gasteiger partial charge in [0.1, 0.15) is 0 Å². The smallest absolute Gasteiger partial charge is 0.185 e. The molecule has 0 amide bonds. The lowest BCUT2D eigenvalue weighted by molar-refractivity contribution is 0.0461. The number of hydrogen-bond acceptors (Lipinski definition) is 4. The summed E-state index contributed by atoms with van der Waals surface area (Å²) < 4.78 is 0. The van der Waals surface area contributed by atoms with E-state index in [1.807, 2.05) is 6.20 Å². The maximum absolute atomic E-state index is 4.52. The second-order valence-corrected chi connectivity index (χ2v) is 9.15. The van der Waals surface area contributed by atoms with Crippen molar-refractivity contribution in [2.75, 3.05) is 31.1 Å². The first kappa shape index (κ1) is 15.8. The van der Waals surface area contributed by atoms with Crippen LogP contribution in [0.4, 0.5) is 5.13 Å². The van der Waals surface area contributed by atoms with Crippen LogP contribution in [-0.2, 0) is 0 Å². The molecule has 1 aromatic heterocycles. The van der Waals surface area contributed by atoms with Crippen LogP contribution in [0.3, 0.4) is 0 Å². The Morgan fingerprint density at radius 1 is 1.08 bits per heavy atom. The molecule has 3 fully saturated rings. The summed E-state index contributed by atoms with van der Waals surface area (Å²) in [5.41, 5.74) is 2.06. The Balaban J connectivity index is 1.35. The van der Waals surface area contributed by atoms with E-state index in [0.29, 0.717) is 11.3 Å². The summed E-state index contributed by atoms with van der Waals surface area (Å²) in [6.07, 6.45) is 8.78. The van der Waals surface area contributed by atoms with Crippen LogP contribution < -0.4 is 4.90 Å². The Morgan fingerprint density at radius 3 is 2.56 bits per heavy atom. The first-order valence-electron chi connectivity index (χ1n) is 9.75. The molecule has 1 aromatic carbocycles. The van der Waals surface area contributed by atoms with Crippen molar-refractivity contribution in [2.24, 2.45) is 5.41 Å². The van der Waals surface area contributed by atoms with Crippen LogP contribution in [0.2, 0.25) is 0 Å². The van der Waals surface area contributed by atoms with Crippen LogP contribution in [0.25, 0.3) is 0 Å². The third-order valence-corrected chi connectivity index (χ3v) is 7.35. The van der Waals surface area contributed by atoms with Crippen LogP contribution in [0.15, 0.2) is 41.9 Å². The molecule has 1 atom stereocenters. The predicted molar refractivity (Wildman–Crippen MR) is 104 cm³/mol. The lowest BCUT2D eigenvalue weighted by Crippen LogP contribution is -2.52. The Bertz CT molecular complexity index is 687. The largest absolute Gasteiger partial charge is 0.348 e. The fraction of sp³-hybridized carbons (Fsp3) is 0.571. The Morgan fingerprint density at radius 2 is 1.88 bits per heavy atom. The molecule has 1 spiro atoms. The summed E-state index contributed by atoms with van der Waals surface area (Å²) in [6.45, 7) is 4.94. The van der Waals surface area contributed by atoms with E-state index >= 15 is 0 Å². The quantitative estimate of drug-likeness (QED) is 0.816. The van der Waals surface area contributed by atoms with E-state index < -0.39 is 0 Å². The maximum Gasteiger partial charge on any atom is 0.185 e. The molecule has 1 aliphatic carbocycles. The van der Waals surface area contributed by atoms with E-state index in [-0.39, 0.29) is 0 Å². The lowest BCUT2D eigenvalue weighted by Gasteiger charge is -2.50. The van der Waals surface area contributed by atoms with E-state index in [0.717, 1.165) is 6.04 Å². The van der Waals surface area contributed by atoms with Crippen molar-refractivity contribution in [3.63, 3.8) is 0 Å². The maximum atomic E-state index is 4.52. The number of benzene rings is 1. The second-order valence-electron chi connectivity index (χ2n) is 8.27. The first-order valence-corrected chi connectivity index (χ1v) is 10.6. The number of hydrogen-bond donors (Lipinski definition) is 0. The van der Waals surface area contributed by atoms with E-state index in [1.54, 1.807) is 16.9 Å². The van der Waals surface area contributed by atoms with Crippen molar-refractivity contribution in [3.8, 4) is 0 Å². The normalized spacial score (nSPS) is 26.9. The predicted octanol–water partition coefficient (Wildman–Crippen LogP) is 4.38. The van der Waals surface area contributed by atoms with Gasteiger partial charge in [-0.25, -0.2) is 4.98 Å². The van der Waals surface area contributed by atoms with Crippen molar-refractivity contribution in [3.05, 3.63) is 47.5 Å². The monoisotopic (exact) mass is 353 g/mol. The Hall–Kier alpha value is -1.39. The molecule has 1 saturated carbocycles. The molecule has 2 aliphatic heterocycles. The summed E-state index contributed by atoms with van der Waals surface area (Å²) in [5, 5.41) is 3.31. The fourth-order valence-corrected chi connectivity index (χ4v) is 5.70. The molecule has 2 saturated heterocycles. The van der Waals surface area contributed by atoms with Crippen LogP contribution in [0.5, 0.6) is 0 Å². The minimum Gasteiger partial charge on any atom is -0.348 e. The Labute approximate surface area is 154 Å². The van der Waals surface area contributed by atoms with Gasteiger partial charge >= 0.3 is 0 Å². The van der Waals surface area contributed by atoms with Gasteiger partial charge in [0.2, 0.25) is 0 Å². The molecule has 0 radical (unpaired) electrons. The van der Waals surface area contributed by atoms with E-state index in [9.17, 15) is 0 Å². The lowest BCUT2D eigenvalue weighted by atomic mass is 9.68. The van der Waals surface area contributed by atoms with Crippen molar-refractivity contribution in [1.29, 1.82) is 0 Å². The van der Waals surface area contributed by atoms with Gasteiger partial charge in [-0.05, 0) is 49.0 Å². The van der Waals surface area contributed by atoms with Gasteiger partial charge in [-0.1, -0.05) is 30.3 Å². The summed E-state index contributed by atoms with van der Waals surface area (Å²) >= 11 is 1.78. The van der Waals surface area contributed by atoms with Crippen LogP contribution in [0, 0.1) is 5.41 Å². The highest BCUT2D eigenvalue weighted by molar-refractivity contribution is 7.13. The summed E-state index contributed by atoms with van der Waals surface area (Å²) in [5.74, 6) is 0.710. The van der Waals surface area contributed by atoms with Crippen LogP contribution in [0.1, 0.15) is 43.6 Å². The molecule has 3 nitrogen and oxygen atoms in total. The molecule has 3 aliphatic rings. The standard InChI is InChI=1S/C21H27N3S/c1-2-4-17(5-3-1)18-14-21(16-24(15-18)19-6-7-19)8-11-23(12-9-21)20-22-10-13-25-20/h1-5,10,13,18-19H,6-9,11-12,14-16H2/t18-/m1/s1. The number of piperidine rings is 2. The number of thiazole rings is 1. The van der Waals surface area contributed by atoms with E-state index in [1.165, 1.54) is 63.4 Å². The van der Waals surface area contributed by atoms with Gasteiger partial charge in [0, 0.05) is 43.8 Å². The number of aromatic nitrogens is 1. The summed E-state index contributed by atoms with van der Waals surface area (Å²) in [4.78, 5) is 9.86. The van der Waals surface area contributed by atoms with Gasteiger partial charge in [-0.15, -0.1) is 11.3 Å². The highest BCUT2D eigenvalue weighted by atomic mass is 32.1. The molecular weight excluding hydrogens is 326 g/mol. The van der Waals surface area contributed by atoms with Gasteiger partial charge in [-0.2, -0.15) is 0 Å². The molecule has 0 bridgehead atoms. The summed E-state index contributed by atoms with van der Waals surface area (Å²) in [6, 6.07) is 12.1. The molecule has 0 unspecified atom stereocenters. The van der Waals surface area contributed by atoms with Crippen LogP contribution >= 0.6 is 11.3 Å². The summed E-state index contributed by atoms with van der Waals surface area (Å²) in [7, 11) is 0. The van der Waals surface area contributed by atoms with Gasteiger partial charge in [-0.3, -0.25) is 4.90 Å². The first-order chi connectivity index (χ1) is 12.3. The zero-order chi connectivity index (χ0) is 16.7. The third-order valence-electron chi connectivity index (χ3n) is 6.52. The molecule has 4 heteroatoms. The molecule has 3 heterocycles. The number of rotatable bonds is 3. The topological polar surface area (TPSA) is 19.4 Å². The molecule has 0 N–H and O–H groups in total. The van der Waals surface area contributed by atoms with Crippen molar-refractivity contribution in [1.82, 2.24) is 9.88 Å². The average molecular weight is 354 g/mol. The number of likely N-dealkylation sites (tertiary alicyclic amines) is 1. The molecule has 2 aromatic rings. The van der Waals surface area contributed by atoms with Gasteiger partial charge < -0.3 is 4.90 Å². The van der Waals surface area contributed by atoms with Crippen LogP contribution in [-0.4, -0.2) is 42.1 Å². The molecule has 5 rings (SSSR count). The highest BCUT2D eigenvalue weighted by Crippen LogP contribution is 2.48. The zero-order valence-corrected chi connectivity index (χ0v) is 15.6.